The standard InChI is InChI=1S/C10H26N4.2CH4/c1-2-6-13-7-3-8-14(9-4-11)10-5-12;;/h13H,2-12H2,1H3;2*1H4. The van der Waals surface area contributed by atoms with Crippen molar-refractivity contribution in [3.63, 3.8) is 0 Å². The summed E-state index contributed by atoms with van der Waals surface area (Å²) < 4.78 is 0. The molecule has 0 aliphatic rings. The molecule has 0 radical (unpaired) electrons. The quantitative estimate of drug-likeness (QED) is 0.491. The van der Waals surface area contributed by atoms with Crippen molar-refractivity contribution in [1.29, 1.82) is 0 Å². The van der Waals surface area contributed by atoms with Crippen LogP contribution >= 0.6 is 0 Å². The van der Waals surface area contributed by atoms with Crippen LogP contribution in [-0.4, -0.2) is 50.7 Å². The number of nitrogens with zero attached hydrogens (tertiary/aromatic N) is 1. The molecule has 0 aromatic carbocycles. The second-order valence-corrected chi connectivity index (χ2v) is 3.52. The molecule has 0 rings (SSSR count). The number of hydrogen-bond donors (Lipinski definition) is 3. The molecule has 0 fully saturated rings. The van der Waals surface area contributed by atoms with Gasteiger partial charge < -0.3 is 21.7 Å². The molecular formula is C12H34N4. The van der Waals surface area contributed by atoms with Crippen LogP contribution in [0.25, 0.3) is 0 Å². The minimum Gasteiger partial charge on any atom is -0.329 e. The van der Waals surface area contributed by atoms with Crippen LogP contribution in [0.5, 0.6) is 0 Å². The van der Waals surface area contributed by atoms with Crippen molar-refractivity contribution in [2.24, 2.45) is 11.5 Å². The molecule has 0 saturated carbocycles. The van der Waals surface area contributed by atoms with Crippen molar-refractivity contribution in [2.75, 3.05) is 45.8 Å². The van der Waals surface area contributed by atoms with Gasteiger partial charge in [-0.15, -0.1) is 0 Å². The fourth-order valence-electron chi connectivity index (χ4n) is 1.43. The summed E-state index contributed by atoms with van der Waals surface area (Å²) in [6, 6.07) is 0. The monoisotopic (exact) mass is 234 g/mol. The van der Waals surface area contributed by atoms with E-state index < -0.39 is 0 Å². The van der Waals surface area contributed by atoms with E-state index in [1.807, 2.05) is 0 Å². The van der Waals surface area contributed by atoms with Crippen LogP contribution in [0.2, 0.25) is 0 Å². The fraction of sp³-hybridized carbons (Fsp3) is 1.00. The summed E-state index contributed by atoms with van der Waals surface area (Å²) in [5, 5.41) is 3.39. The molecule has 4 nitrogen and oxygen atoms in total. The Hall–Kier alpha value is -0.160. The highest BCUT2D eigenvalue weighted by Gasteiger charge is 2.01. The highest BCUT2D eigenvalue weighted by atomic mass is 15.1. The Morgan fingerprint density at radius 2 is 1.50 bits per heavy atom. The van der Waals surface area contributed by atoms with Crippen molar-refractivity contribution in [1.82, 2.24) is 10.2 Å². The van der Waals surface area contributed by atoms with Crippen molar-refractivity contribution in [3.05, 3.63) is 0 Å². The lowest BCUT2D eigenvalue weighted by atomic mass is 10.3. The van der Waals surface area contributed by atoms with Gasteiger partial charge in [-0.3, -0.25) is 0 Å². The second-order valence-electron chi connectivity index (χ2n) is 3.52. The normalized spacial score (nSPS) is 9.75. The molecule has 0 bridgehead atoms. The third-order valence-electron chi connectivity index (χ3n) is 2.15. The largest absolute Gasteiger partial charge is 0.329 e. The zero-order valence-electron chi connectivity index (χ0n) is 9.47. The summed E-state index contributed by atoms with van der Waals surface area (Å²) in [6.45, 7) is 8.88. The second kappa shape index (κ2) is 17.2. The van der Waals surface area contributed by atoms with Gasteiger partial charge in [0.15, 0.2) is 0 Å². The van der Waals surface area contributed by atoms with Crippen LogP contribution in [0.4, 0.5) is 0 Å². The predicted octanol–water partition coefficient (Wildman–Crippen LogP) is 0.868. The number of nitrogens with one attached hydrogen (secondary N) is 1. The third kappa shape index (κ3) is 13.8. The smallest absolute Gasteiger partial charge is 0.0105 e. The van der Waals surface area contributed by atoms with Gasteiger partial charge in [-0.2, -0.15) is 0 Å². The maximum Gasteiger partial charge on any atom is 0.0105 e. The number of rotatable bonds is 10. The summed E-state index contributed by atoms with van der Waals surface area (Å²) in [6.07, 6.45) is 2.38. The van der Waals surface area contributed by atoms with Crippen LogP contribution in [-0.2, 0) is 0 Å². The van der Waals surface area contributed by atoms with Gasteiger partial charge in [0.05, 0.1) is 0 Å². The van der Waals surface area contributed by atoms with E-state index >= 15 is 0 Å². The molecule has 0 unspecified atom stereocenters. The Labute approximate surface area is 103 Å². The molecule has 0 aliphatic heterocycles. The Morgan fingerprint density at radius 1 is 0.938 bits per heavy atom. The van der Waals surface area contributed by atoms with E-state index in [2.05, 4.69) is 17.1 Å². The van der Waals surface area contributed by atoms with Crippen LogP contribution < -0.4 is 16.8 Å². The maximum absolute atomic E-state index is 5.51. The zero-order chi connectivity index (χ0) is 10.6. The lowest BCUT2D eigenvalue weighted by molar-refractivity contribution is 0.284. The van der Waals surface area contributed by atoms with Crippen molar-refractivity contribution in [2.45, 2.75) is 34.6 Å². The molecule has 0 saturated heterocycles. The van der Waals surface area contributed by atoms with E-state index in [0.29, 0.717) is 0 Å². The molecule has 5 N–H and O–H groups in total. The number of hydrogen-bond acceptors (Lipinski definition) is 4. The molecule has 0 aliphatic carbocycles. The van der Waals surface area contributed by atoms with E-state index in [9.17, 15) is 0 Å². The third-order valence-corrected chi connectivity index (χ3v) is 2.15. The first-order valence-corrected chi connectivity index (χ1v) is 5.68. The Bertz CT molecular complexity index is 103. The topological polar surface area (TPSA) is 67.3 Å². The first-order valence-electron chi connectivity index (χ1n) is 5.68. The van der Waals surface area contributed by atoms with Gasteiger partial charge in [0.2, 0.25) is 0 Å². The van der Waals surface area contributed by atoms with Gasteiger partial charge in [-0.25, -0.2) is 0 Å². The van der Waals surface area contributed by atoms with Gasteiger partial charge in [0.25, 0.3) is 0 Å². The summed E-state index contributed by atoms with van der Waals surface area (Å²) in [4.78, 5) is 2.33. The lowest BCUT2D eigenvalue weighted by Crippen LogP contribution is -2.35. The minimum atomic E-state index is 0. The average Bonchev–Trinajstić information content (AvgIpc) is 2.18. The molecule has 0 aromatic rings. The first kappa shape index (κ1) is 21.2. The fourth-order valence-corrected chi connectivity index (χ4v) is 1.43. The molecule has 16 heavy (non-hydrogen) atoms. The van der Waals surface area contributed by atoms with Crippen molar-refractivity contribution < 1.29 is 0 Å². The van der Waals surface area contributed by atoms with E-state index in [-0.39, 0.29) is 14.9 Å². The average molecular weight is 234 g/mol. The molecule has 0 atom stereocenters. The highest BCUT2D eigenvalue weighted by molar-refractivity contribution is 4.60. The Kier molecular flexibility index (Phi) is 22.8. The van der Waals surface area contributed by atoms with Crippen molar-refractivity contribution in [3.8, 4) is 0 Å². The van der Waals surface area contributed by atoms with Gasteiger partial charge in [-0.05, 0) is 32.5 Å². The summed E-state index contributed by atoms with van der Waals surface area (Å²) in [5.41, 5.74) is 11.0. The van der Waals surface area contributed by atoms with Crippen LogP contribution in [0.1, 0.15) is 34.6 Å². The van der Waals surface area contributed by atoms with E-state index in [0.717, 1.165) is 45.8 Å². The molecule has 102 valence electrons. The van der Waals surface area contributed by atoms with Gasteiger partial charge in [0, 0.05) is 26.2 Å². The predicted molar refractivity (Wildman–Crippen MR) is 75.8 cm³/mol. The molecule has 4 heteroatoms. The summed E-state index contributed by atoms with van der Waals surface area (Å²) in [5.74, 6) is 0. The van der Waals surface area contributed by atoms with E-state index in [1.54, 1.807) is 0 Å². The van der Waals surface area contributed by atoms with E-state index in [4.69, 9.17) is 11.5 Å². The SMILES string of the molecule is C.C.CCCNCCCN(CCN)CCN. The van der Waals surface area contributed by atoms with Crippen LogP contribution in [0.3, 0.4) is 0 Å². The Morgan fingerprint density at radius 3 is 1.94 bits per heavy atom. The van der Waals surface area contributed by atoms with Gasteiger partial charge in [0.1, 0.15) is 0 Å². The maximum atomic E-state index is 5.51. The summed E-state index contributed by atoms with van der Waals surface area (Å²) in [7, 11) is 0. The Balaban J connectivity index is -0.000000845. The molecule has 0 aromatic heterocycles. The lowest BCUT2D eigenvalue weighted by Gasteiger charge is -2.20. The minimum absolute atomic E-state index is 0. The molecule has 0 heterocycles. The van der Waals surface area contributed by atoms with Crippen LogP contribution in [0.15, 0.2) is 0 Å². The molecule has 0 spiro atoms. The number of nitrogens with two attached hydrogens (primary N) is 2. The highest BCUT2D eigenvalue weighted by Crippen LogP contribution is 1.89. The summed E-state index contributed by atoms with van der Waals surface area (Å²) >= 11 is 0. The van der Waals surface area contributed by atoms with Gasteiger partial charge in [-0.1, -0.05) is 21.8 Å². The first-order chi connectivity index (χ1) is 6.85. The zero-order valence-corrected chi connectivity index (χ0v) is 9.47. The van der Waals surface area contributed by atoms with Gasteiger partial charge >= 0.3 is 0 Å². The molecule has 0 amide bonds. The van der Waals surface area contributed by atoms with Crippen LogP contribution in [0, 0.1) is 0 Å². The molecular weight excluding hydrogens is 200 g/mol. The van der Waals surface area contributed by atoms with E-state index in [1.165, 1.54) is 12.8 Å². The van der Waals surface area contributed by atoms with Crippen molar-refractivity contribution >= 4 is 0 Å².